The molecule has 0 saturated heterocycles. The molecule has 0 fully saturated rings. The fourth-order valence-electron chi connectivity index (χ4n) is 2.86. The number of primary amides is 1. The predicted octanol–water partition coefficient (Wildman–Crippen LogP) is 2.99. The molecule has 0 aliphatic rings. The van der Waals surface area contributed by atoms with E-state index in [4.69, 9.17) is 25.0 Å². The zero-order valence-electron chi connectivity index (χ0n) is 17.4. The number of ether oxygens (including phenoxy) is 3. The molecule has 0 radical (unpaired) electrons. The Hall–Kier alpha value is -4.07. The molecule has 1 aromatic heterocycles. The first-order valence-electron chi connectivity index (χ1n) is 9.48. The Morgan fingerprint density at radius 1 is 1.06 bits per heavy atom. The Balaban J connectivity index is 2.01. The molecule has 31 heavy (non-hydrogen) atoms. The van der Waals surface area contributed by atoms with Crippen molar-refractivity contribution in [2.75, 3.05) is 14.2 Å². The van der Waals surface area contributed by atoms with Gasteiger partial charge in [0.05, 0.1) is 19.9 Å². The minimum absolute atomic E-state index is 0.555. The van der Waals surface area contributed by atoms with Crippen LogP contribution in [0.2, 0.25) is 0 Å². The number of para-hydroxylation sites is 1. The lowest BCUT2D eigenvalue weighted by Gasteiger charge is -2.09. The second-order valence-electron chi connectivity index (χ2n) is 6.60. The van der Waals surface area contributed by atoms with E-state index in [1.807, 2.05) is 36.4 Å². The van der Waals surface area contributed by atoms with Crippen molar-refractivity contribution in [2.24, 2.45) is 5.73 Å². The van der Waals surface area contributed by atoms with Gasteiger partial charge in [-0.2, -0.15) is 5.10 Å². The van der Waals surface area contributed by atoms with Gasteiger partial charge in [-0.1, -0.05) is 18.2 Å². The molecule has 1 atom stereocenters. The summed E-state index contributed by atoms with van der Waals surface area (Å²) in [5.41, 5.74) is 8.05. The number of methoxy groups -OCH3 is 2. The summed E-state index contributed by atoms with van der Waals surface area (Å²) in [5.74, 6) is -0.254. The molecule has 0 unspecified atom stereocenters. The summed E-state index contributed by atoms with van der Waals surface area (Å²) in [5, 5.41) is 4.69. The Bertz CT molecular complexity index is 1110. The van der Waals surface area contributed by atoms with E-state index in [2.05, 4.69) is 0 Å². The highest BCUT2D eigenvalue weighted by atomic mass is 16.5. The lowest BCUT2D eigenvalue weighted by atomic mass is 10.1. The molecule has 1 heterocycles. The van der Waals surface area contributed by atoms with Crippen molar-refractivity contribution in [3.8, 4) is 28.4 Å². The van der Waals surface area contributed by atoms with E-state index in [1.54, 1.807) is 43.3 Å². The molecule has 0 spiro atoms. The number of esters is 1. The molecule has 8 heteroatoms. The predicted molar refractivity (Wildman–Crippen MR) is 116 cm³/mol. The van der Waals surface area contributed by atoms with Crippen molar-refractivity contribution in [1.82, 2.24) is 9.78 Å². The number of nitrogens with zero attached hydrogens (tertiary/aromatic N) is 2. The molecule has 8 nitrogen and oxygen atoms in total. The van der Waals surface area contributed by atoms with Gasteiger partial charge in [-0.25, -0.2) is 9.48 Å². The summed E-state index contributed by atoms with van der Waals surface area (Å²) in [7, 11) is 3.12. The highest BCUT2D eigenvalue weighted by Gasteiger charge is 2.15. The maximum absolute atomic E-state index is 12.1. The molecule has 2 aromatic carbocycles. The number of carbonyl (C=O) groups excluding carboxylic acids is 2. The van der Waals surface area contributed by atoms with Crippen LogP contribution < -0.4 is 15.2 Å². The van der Waals surface area contributed by atoms with E-state index < -0.39 is 18.0 Å². The van der Waals surface area contributed by atoms with E-state index in [1.165, 1.54) is 13.0 Å². The number of benzene rings is 2. The Kier molecular flexibility index (Phi) is 6.71. The molecule has 0 saturated carbocycles. The third-order valence-corrected chi connectivity index (χ3v) is 4.51. The molecule has 160 valence electrons. The van der Waals surface area contributed by atoms with Crippen LogP contribution in [-0.4, -0.2) is 42.0 Å². The monoisotopic (exact) mass is 421 g/mol. The van der Waals surface area contributed by atoms with E-state index in [-0.39, 0.29) is 0 Å². The van der Waals surface area contributed by atoms with Gasteiger partial charge in [-0.3, -0.25) is 4.79 Å². The molecule has 0 aliphatic carbocycles. The normalized spacial score (nSPS) is 11.8. The number of rotatable bonds is 8. The van der Waals surface area contributed by atoms with E-state index >= 15 is 0 Å². The molecular formula is C23H23N3O5. The van der Waals surface area contributed by atoms with Crippen LogP contribution in [0, 0.1) is 0 Å². The van der Waals surface area contributed by atoms with Crippen molar-refractivity contribution in [3.63, 3.8) is 0 Å². The van der Waals surface area contributed by atoms with Crippen LogP contribution in [0.25, 0.3) is 23.0 Å². The zero-order valence-corrected chi connectivity index (χ0v) is 17.4. The number of carbonyl (C=O) groups is 2. The minimum Gasteiger partial charge on any atom is -0.493 e. The number of hydrogen-bond donors (Lipinski definition) is 1. The van der Waals surface area contributed by atoms with Gasteiger partial charge in [-0.05, 0) is 43.3 Å². The van der Waals surface area contributed by atoms with E-state index in [9.17, 15) is 9.59 Å². The molecule has 1 amide bonds. The van der Waals surface area contributed by atoms with Gasteiger partial charge >= 0.3 is 5.97 Å². The van der Waals surface area contributed by atoms with Crippen molar-refractivity contribution in [1.29, 1.82) is 0 Å². The lowest BCUT2D eigenvalue weighted by Crippen LogP contribution is -2.29. The quantitative estimate of drug-likeness (QED) is 0.443. The summed E-state index contributed by atoms with van der Waals surface area (Å²) in [6.45, 7) is 1.41. The first-order chi connectivity index (χ1) is 14.9. The van der Waals surface area contributed by atoms with Crippen LogP contribution in [0.15, 0.2) is 60.8 Å². The molecule has 3 aromatic rings. The van der Waals surface area contributed by atoms with Gasteiger partial charge in [0.1, 0.15) is 5.69 Å². The number of aromatic nitrogens is 2. The van der Waals surface area contributed by atoms with Crippen LogP contribution in [0.1, 0.15) is 12.5 Å². The number of nitrogens with two attached hydrogens (primary N) is 1. The Morgan fingerprint density at radius 3 is 2.42 bits per heavy atom. The van der Waals surface area contributed by atoms with Crippen LogP contribution in [-0.2, 0) is 14.3 Å². The Labute approximate surface area is 179 Å². The summed E-state index contributed by atoms with van der Waals surface area (Å²) < 4.78 is 17.4. The van der Waals surface area contributed by atoms with Crippen molar-refractivity contribution >= 4 is 18.0 Å². The maximum Gasteiger partial charge on any atom is 0.331 e. The molecular weight excluding hydrogens is 398 g/mol. The molecule has 3 rings (SSSR count). The van der Waals surface area contributed by atoms with Gasteiger partial charge in [0, 0.05) is 23.4 Å². The maximum atomic E-state index is 12.1. The molecule has 0 aliphatic heterocycles. The summed E-state index contributed by atoms with van der Waals surface area (Å²) in [6.07, 6.45) is 3.59. The number of amides is 1. The standard InChI is InChI=1S/C23H23N3O5/c1-15(23(24)28)31-21(27)12-10-17-14-26(18-7-5-4-6-8-18)25-22(17)16-9-11-19(29-2)20(13-16)30-3/h4-15H,1-3H3,(H2,24,28)/b12-10+/t15-/m0/s1. The smallest absolute Gasteiger partial charge is 0.331 e. The highest BCUT2D eigenvalue weighted by Crippen LogP contribution is 2.33. The first kappa shape index (κ1) is 21.6. The molecule has 0 bridgehead atoms. The summed E-state index contributed by atoms with van der Waals surface area (Å²) in [4.78, 5) is 23.2. The zero-order chi connectivity index (χ0) is 22.4. The van der Waals surface area contributed by atoms with Crippen molar-refractivity contribution in [2.45, 2.75) is 13.0 Å². The number of hydrogen-bond acceptors (Lipinski definition) is 6. The fourth-order valence-corrected chi connectivity index (χ4v) is 2.86. The van der Waals surface area contributed by atoms with Gasteiger partial charge in [0.15, 0.2) is 17.6 Å². The summed E-state index contributed by atoms with van der Waals surface area (Å²) in [6, 6.07) is 15.0. The van der Waals surface area contributed by atoms with Gasteiger partial charge in [0.25, 0.3) is 5.91 Å². The van der Waals surface area contributed by atoms with Crippen molar-refractivity contribution in [3.05, 3.63) is 66.4 Å². The van der Waals surface area contributed by atoms with Crippen LogP contribution >= 0.6 is 0 Å². The molecule has 2 N–H and O–H groups in total. The van der Waals surface area contributed by atoms with Gasteiger partial charge in [0.2, 0.25) is 0 Å². The second kappa shape index (κ2) is 9.62. The van der Waals surface area contributed by atoms with Crippen LogP contribution in [0.5, 0.6) is 11.5 Å². The highest BCUT2D eigenvalue weighted by molar-refractivity contribution is 5.91. The topological polar surface area (TPSA) is 106 Å². The van der Waals surface area contributed by atoms with E-state index in [0.29, 0.717) is 22.8 Å². The van der Waals surface area contributed by atoms with Crippen LogP contribution in [0.4, 0.5) is 0 Å². The average Bonchev–Trinajstić information content (AvgIpc) is 3.22. The summed E-state index contributed by atoms with van der Waals surface area (Å²) >= 11 is 0. The van der Waals surface area contributed by atoms with E-state index in [0.717, 1.165) is 11.3 Å². The average molecular weight is 421 g/mol. The minimum atomic E-state index is -1.02. The Morgan fingerprint density at radius 2 is 1.77 bits per heavy atom. The van der Waals surface area contributed by atoms with Crippen molar-refractivity contribution < 1.29 is 23.8 Å². The SMILES string of the molecule is COc1ccc(-c2nn(-c3ccccc3)cc2/C=C/C(=O)O[C@@H](C)C(N)=O)cc1OC. The first-order valence-corrected chi connectivity index (χ1v) is 9.48. The lowest BCUT2D eigenvalue weighted by molar-refractivity contribution is -0.148. The van der Waals surface area contributed by atoms with Crippen LogP contribution in [0.3, 0.4) is 0 Å². The second-order valence-corrected chi connectivity index (χ2v) is 6.60. The third-order valence-electron chi connectivity index (χ3n) is 4.51. The third kappa shape index (κ3) is 5.11. The van der Waals surface area contributed by atoms with Gasteiger partial charge < -0.3 is 19.9 Å². The largest absolute Gasteiger partial charge is 0.493 e. The van der Waals surface area contributed by atoms with Gasteiger partial charge in [-0.15, -0.1) is 0 Å². The fraction of sp³-hybridized carbons (Fsp3) is 0.174.